The summed E-state index contributed by atoms with van der Waals surface area (Å²) in [5.74, 6) is 0. The molecule has 2 N–H and O–H groups in total. The smallest absolute Gasteiger partial charge is 0.407 e. The average molecular weight is 459 g/mol. The number of ether oxygens (including phenoxy) is 1. The summed E-state index contributed by atoms with van der Waals surface area (Å²) in [5, 5.41) is 7.23. The zero-order valence-electron chi connectivity index (χ0n) is 14.1. The van der Waals surface area contributed by atoms with E-state index in [0.717, 1.165) is 23.7 Å². The molecule has 7 heteroatoms. The standard InChI is InChI=1S/C17H22IN3O2S/c1-17(2,3)23-16(22)21-9-13-6-4-12(5-7-13)8-19-11-15-20-10-14(18)24-15/h4-7,10,19H,8-9,11H2,1-3H3,(H,21,22). The molecule has 0 atom stereocenters. The molecule has 1 heterocycles. The molecular weight excluding hydrogens is 437 g/mol. The molecule has 5 nitrogen and oxygen atoms in total. The Labute approximate surface area is 160 Å². The Morgan fingerprint density at radius 3 is 2.33 bits per heavy atom. The van der Waals surface area contributed by atoms with Gasteiger partial charge in [-0.25, -0.2) is 9.78 Å². The maximum atomic E-state index is 11.6. The second-order valence-electron chi connectivity index (χ2n) is 6.33. The first-order valence-electron chi connectivity index (χ1n) is 7.67. The van der Waals surface area contributed by atoms with Gasteiger partial charge in [0.15, 0.2) is 0 Å². The van der Waals surface area contributed by atoms with Crippen molar-refractivity contribution in [3.8, 4) is 0 Å². The van der Waals surface area contributed by atoms with Crippen molar-refractivity contribution < 1.29 is 9.53 Å². The predicted octanol–water partition coefficient (Wildman–Crippen LogP) is 4.06. The Balaban J connectivity index is 1.73. The van der Waals surface area contributed by atoms with Crippen LogP contribution in [0.3, 0.4) is 0 Å². The number of rotatable bonds is 6. The van der Waals surface area contributed by atoms with Gasteiger partial charge in [-0.15, -0.1) is 11.3 Å². The van der Waals surface area contributed by atoms with E-state index < -0.39 is 11.7 Å². The van der Waals surface area contributed by atoms with Crippen molar-refractivity contribution in [1.29, 1.82) is 0 Å². The van der Waals surface area contributed by atoms with Crippen LogP contribution in [0.1, 0.15) is 36.9 Å². The normalized spacial score (nSPS) is 11.3. The second-order valence-corrected chi connectivity index (χ2v) is 9.34. The third kappa shape index (κ3) is 7.14. The van der Waals surface area contributed by atoms with Crippen LogP contribution in [0, 0.1) is 2.88 Å². The molecule has 0 fully saturated rings. The number of hydrogen-bond acceptors (Lipinski definition) is 5. The maximum Gasteiger partial charge on any atom is 0.407 e. The summed E-state index contributed by atoms with van der Waals surface area (Å²) in [7, 11) is 0. The minimum atomic E-state index is -0.477. The first kappa shape index (κ1) is 19.1. The summed E-state index contributed by atoms with van der Waals surface area (Å²) >= 11 is 3.98. The molecule has 2 aromatic rings. The fourth-order valence-corrected chi connectivity index (χ4v) is 3.46. The molecule has 0 aliphatic rings. The SMILES string of the molecule is CC(C)(C)OC(=O)NCc1ccc(CNCc2ncc(I)s2)cc1. The number of amides is 1. The van der Waals surface area contributed by atoms with Gasteiger partial charge < -0.3 is 15.4 Å². The van der Waals surface area contributed by atoms with Crippen molar-refractivity contribution in [2.75, 3.05) is 0 Å². The third-order valence-corrected chi connectivity index (χ3v) is 4.71. The molecule has 24 heavy (non-hydrogen) atoms. The van der Waals surface area contributed by atoms with Crippen LogP contribution >= 0.6 is 33.9 Å². The summed E-state index contributed by atoms with van der Waals surface area (Å²) in [6.07, 6.45) is 1.49. The van der Waals surface area contributed by atoms with Gasteiger partial charge in [-0.3, -0.25) is 0 Å². The molecule has 1 aromatic carbocycles. The van der Waals surface area contributed by atoms with E-state index in [1.165, 1.54) is 8.45 Å². The number of thiazole rings is 1. The molecule has 0 aliphatic carbocycles. The molecule has 0 spiro atoms. The largest absolute Gasteiger partial charge is 0.444 e. The molecule has 2 rings (SSSR count). The van der Waals surface area contributed by atoms with E-state index in [4.69, 9.17) is 4.74 Å². The van der Waals surface area contributed by atoms with Gasteiger partial charge in [-0.2, -0.15) is 0 Å². The predicted molar refractivity (Wildman–Crippen MR) is 105 cm³/mol. The monoisotopic (exact) mass is 459 g/mol. The summed E-state index contributed by atoms with van der Waals surface area (Å²) in [6, 6.07) is 8.15. The molecular formula is C17H22IN3O2S. The Kier molecular flexibility index (Phi) is 7.00. The molecule has 0 saturated heterocycles. The van der Waals surface area contributed by atoms with Crippen molar-refractivity contribution >= 4 is 40.0 Å². The highest BCUT2D eigenvalue weighted by atomic mass is 127. The number of nitrogens with one attached hydrogen (secondary N) is 2. The summed E-state index contributed by atoms with van der Waals surface area (Å²) in [4.78, 5) is 16.0. The van der Waals surface area contributed by atoms with Crippen LogP contribution in [0.25, 0.3) is 0 Å². The van der Waals surface area contributed by atoms with Crippen molar-refractivity contribution in [2.45, 2.75) is 46.0 Å². The van der Waals surface area contributed by atoms with Crippen molar-refractivity contribution in [2.24, 2.45) is 0 Å². The number of hydrogen-bond donors (Lipinski definition) is 2. The molecule has 130 valence electrons. The minimum Gasteiger partial charge on any atom is -0.444 e. The number of carbonyl (C=O) groups excluding carboxylic acids is 1. The lowest BCUT2D eigenvalue weighted by Crippen LogP contribution is -2.32. The van der Waals surface area contributed by atoms with Gasteiger partial charge in [0.05, 0.1) is 9.08 Å². The van der Waals surface area contributed by atoms with Gasteiger partial charge in [0.2, 0.25) is 0 Å². The minimum absolute atomic E-state index is 0.397. The number of nitrogens with zero attached hydrogens (tertiary/aromatic N) is 1. The Morgan fingerprint density at radius 1 is 1.17 bits per heavy atom. The lowest BCUT2D eigenvalue weighted by Gasteiger charge is -2.19. The zero-order chi connectivity index (χ0) is 17.6. The molecule has 0 saturated carbocycles. The van der Waals surface area contributed by atoms with Crippen LogP contribution in [0.4, 0.5) is 4.79 Å². The van der Waals surface area contributed by atoms with E-state index in [-0.39, 0.29) is 0 Å². The molecule has 1 aromatic heterocycles. The Bertz CT molecular complexity index is 665. The zero-order valence-corrected chi connectivity index (χ0v) is 17.0. The fraction of sp³-hybridized carbons (Fsp3) is 0.412. The van der Waals surface area contributed by atoms with E-state index in [0.29, 0.717) is 6.54 Å². The second kappa shape index (κ2) is 8.77. The van der Waals surface area contributed by atoms with Crippen molar-refractivity contribution in [1.82, 2.24) is 15.6 Å². The van der Waals surface area contributed by atoms with Crippen molar-refractivity contribution in [3.63, 3.8) is 0 Å². The number of halogens is 1. The maximum absolute atomic E-state index is 11.6. The van der Waals surface area contributed by atoms with Crippen LogP contribution < -0.4 is 10.6 Å². The van der Waals surface area contributed by atoms with E-state index in [9.17, 15) is 4.79 Å². The van der Waals surface area contributed by atoms with Crippen LogP contribution in [-0.2, 0) is 24.4 Å². The van der Waals surface area contributed by atoms with Crippen LogP contribution in [0.2, 0.25) is 0 Å². The van der Waals surface area contributed by atoms with E-state index in [1.54, 1.807) is 11.3 Å². The van der Waals surface area contributed by atoms with Crippen LogP contribution in [0.15, 0.2) is 30.5 Å². The van der Waals surface area contributed by atoms with Crippen LogP contribution in [0.5, 0.6) is 0 Å². The van der Waals surface area contributed by atoms with E-state index in [2.05, 4.69) is 50.3 Å². The first-order valence-corrected chi connectivity index (χ1v) is 9.57. The molecule has 0 unspecified atom stereocenters. The lowest BCUT2D eigenvalue weighted by molar-refractivity contribution is 0.0523. The number of alkyl carbamates (subject to hydrolysis) is 1. The summed E-state index contributed by atoms with van der Waals surface area (Å²) < 4.78 is 6.41. The molecule has 0 radical (unpaired) electrons. The fourth-order valence-electron chi connectivity index (χ4n) is 1.95. The van der Waals surface area contributed by atoms with Gasteiger partial charge in [0.25, 0.3) is 0 Å². The Morgan fingerprint density at radius 2 is 1.79 bits per heavy atom. The van der Waals surface area contributed by atoms with E-state index in [1.807, 2.05) is 39.1 Å². The number of aromatic nitrogens is 1. The van der Waals surface area contributed by atoms with Crippen LogP contribution in [-0.4, -0.2) is 16.7 Å². The summed E-state index contributed by atoms with van der Waals surface area (Å²) in [6.45, 7) is 7.56. The number of benzene rings is 1. The van der Waals surface area contributed by atoms with Gasteiger partial charge in [-0.05, 0) is 54.5 Å². The summed E-state index contributed by atoms with van der Waals surface area (Å²) in [5.41, 5.74) is 1.76. The van der Waals surface area contributed by atoms with E-state index >= 15 is 0 Å². The Hall–Kier alpha value is -1.19. The molecule has 0 aliphatic heterocycles. The van der Waals surface area contributed by atoms with Gasteiger partial charge in [-0.1, -0.05) is 24.3 Å². The highest BCUT2D eigenvalue weighted by Crippen LogP contribution is 2.14. The highest BCUT2D eigenvalue weighted by Gasteiger charge is 2.15. The average Bonchev–Trinajstić information content (AvgIpc) is 2.90. The van der Waals surface area contributed by atoms with Gasteiger partial charge >= 0.3 is 6.09 Å². The number of carbonyl (C=O) groups is 1. The highest BCUT2D eigenvalue weighted by molar-refractivity contribution is 14.1. The molecule has 1 amide bonds. The van der Waals surface area contributed by atoms with Gasteiger partial charge in [0.1, 0.15) is 10.6 Å². The van der Waals surface area contributed by atoms with Gasteiger partial charge in [0, 0.05) is 19.6 Å². The quantitative estimate of drug-likeness (QED) is 0.640. The first-order chi connectivity index (χ1) is 11.3. The lowest BCUT2D eigenvalue weighted by atomic mass is 10.1. The third-order valence-electron chi connectivity index (χ3n) is 2.99. The topological polar surface area (TPSA) is 63.2 Å². The van der Waals surface area contributed by atoms with Crippen molar-refractivity contribution in [3.05, 3.63) is 49.5 Å². The molecule has 0 bridgehead atoms.